The minimum absolute atomic E-state index is 0.100. The van der Waals surface area contributed by atoms with Crippen molar-refractivity contribution in [3.63, 3.8) is 0 Å². The third-order valence-electron chi connectivity index (χ3n) is 3.22. The minimum Gasteiger partial charge on any atom is -0.462 e. The van der Waals surface area contributed by atoms with Crippen LogP contribution in [0.4, 0.5) is 0 Å². The first-order valence-corrected chi connectivity index (χ1v) is 6.00. The van der Waals surface area contributed by atoms with Crippen molar-refractivity contribution in [2.24, 2.45) is 5.92 Å². The first-order valence-electron chi connectivity index (χ1n) is 6.00. The molecule has 1 fully saturated rings. The Labute approximate surface area is 106 Å². The molecule has 2 atom stereocenters. The minimum atomic E-state index is -0.388. The summed E-state index contributed by atoms with van der Waals surface area (Å²) in [6.45, 7) is 5.43. The van der Waals surface area contributed by atoms with E-state index in [0.29, 0.717) is 12.0 Å². The van der Waals surface area contributed by atoms with Gasteiger partial charge < -0.3 is 4.74 Å². The molecule has 3 nitrogen and oxygen atoms in total. The number of rotatable bonds is 4. The molecule has 2 unspecified atom stereocenters. The Morgan fingerprint density at radius 1 is 1.39 bits per heavy atom. The largest absolute Gasteiger partial charge is 0.462 e. The van der Waals surface area contributed by atoms with E-state index in [2.05, 4.69) is 6.58 Å². The van der Waals surface area contributed by atoms with Gasteiger partial charge in [-0.3, -0.25) is 4.79 Å². The first kappa shape index (κ1) is 12.6. The van der Waals surface area contributed by atoms with Gasteiger partial charge in [0.05, 0.1) is 6.61 Å². The number of carbonyl (C=O) groups excluding carboxylic acids is 2. The summed E-state index contributed by atoms with van der Waals surface area (Å²) in [6, 6.07) is 9.63. The Morgan fingerprint density at radius 3 is 2.61 bits per heavy atom. The predicted octanol–water partition coefficient (Wildman–Crippen LogP) is 2.48. The van der Waals surface area contributed by atoms with Crippen molar-refractivity contribution in [1.29, 1.82) is 0 Å². The number of ether oxygens (including phenoxy) is 1. The van der Waals surface area contributed by atoms with Gasteiger partial charge >= 0.3 is 5.97 Å². The number of Topliss-reactive ketones (excluding diaryl/α,β-unsaturated/α-hetero) is 1. The second-order valence-corrected chi connectivity index (χ2v) is 4.70. The number of benzene rings is 1. The molecule has 1 aromatic rings. The molecule has 0 spiro atoms. The highest BCUT2D eigenvalue weighted by molar-refractivity contribution is 5.92. The fourth-order valence-corrected chi connectivity index (χ4v) is 2.19. The summed E-state index contributed by atoms with van der Waals surface area (Å²) in [5.74, 6) is -0.189. The van der Waals surface area contributed by atoms with Gasteiger partial charge in [-0.25, -0.2) is 4.79 Å². The van der Waals surface area contributed by atoms with Crippen molar-refractivity contribution in [2.75, 3.05) is 6.61 Å². The lowest BCUT2D eigenvalue weighted by atomic mass is 9.69. The van der Waals surface area contributed by atoms with Gasteiger partial charge in [-0.15, -0.1) is 0 Å². The maximum atomic E-state index is 11.7. The van der Waals surface area contributed by atoms with E-state index in [9.17, 15) is 9.59 Å². The highest BCUT2D eigenvalue weighted by Gasteiger charge is 2.41. The monoisotopic (exact) mass is 244 g/mol. The summed E-state index contributed by atoms with van der Waals surface area (Å²) in [7, 11) is 0. The molecule has 0 heterocycles. The molecule has 0 N–H and O–H groups in total. The fraction of sp³-hybridized carbons (Fsp3) is 0.333. The Morgan fingerprint density at radius 2 is 2.06 bits per heavy atom. The van der Waals surface area contributed by atoms with Crippen LogP contribution >= 0.6 is 0 Å². The van der Waals surface area contributed by atoms with Gasteiger partial charge in [-0.2, -0.15) is 0 Å². The van der Waals surface area contributed by atoms with Crippen molar-refractivity contribution in [3.8, 4) is 0 Å². The van der Waals surface area contributed by atoms with E-state index in [0.717, 1.165) is 5.56 Å². The zero-order chi connectivity index (χ0) is 13.1. The van der Waals surface area contributed by atoms with Gasteiger partial charge in [0, 0.05) is 23.8 Å². The van der Waals surface area contributed by atoms with E-state index in [1.54, 1.807) is 6.92 Å². The Balaban J connectivity index is 1.97. The summed E-state index contributed by atoms with van der Waals surface area (Å²) in [6.07, 6.45) is 0.489. The van der Waals surface area contributed by atoms with Crippen LogP contribution in [-0.4, -0.2) is 18.4 Å². The molecule has 0 aliphatic heterocycles. The van der Waals surface area contributed by atoms with E-state index in [-0.39, 0.29) is 30.2 Å². The Hall–Kier alpha value is -1.90. The molecule has 1 aliphatic rings. The fourth-order valence-electron chi connectivity index (χ4n) is 2.19. The molecule has 1 saturated carbocycles. The number of ketones is 1. The van der Waals surface area contributed by atoms with Crippen LogP contribution in [0, 0.1) is 5.92 Å². The van der Waals surface area contributed by atoms with Crippen LogP contribution in [0.1, 0.15) is 24.8 Å². The molecule has 2 rings (SSSR count). The SMILES string of the molecule is C=C(C)C(=O)OCC1CC(=O)C1c1ccccc1. The lowest BCUT2D eigenvalue weighted by molar-refractivity contribution is -0.145. The Kier molecular flexibility index (Phi) is 3.60. The third-order valence-corrected chi connectivity index (χ3v) is 3.22. The van der Waals surface area contributed by atoms with Gasteiger partial charge in [0.15, 0.2) is 0 Å². The Bertz CT molecular complexity index is 476. The average molecular weight is 244 g/mol. The smallest absolute Gasteiger partial charge is 0.333 e. The molecule has 94 valence electrons. The normalized spacial score (nSPS) is 22.2. The molecule has 1 aromatic carbocycles. The molecule has 3 heteroatoms. The van der Waals surface area contributed by atoms with Crippen LogP contribution in [0.5, 0.6) is 0 Å². The van der Waals surface area contributed by atoms with Crippen molar-refractivity contribution in [2.45, 2.75) is 19.3 Å². The lowest BCUT2D eigenvalue weighted by Crippen LogP contribution is -2.38. The summed E-state index contributed by atoms with van der Waals surface area (Å²) in [5, 5.41) is 0. The van der Waals surface area contributed by atoms with E-state index in [4.69, 9.17) is 4.74 Å². The van der Waals surface area contributed by atoms with Crippen LogP contribution in [0.3, 0.4) is 0 Å². The lowest BCUT2D eigenvalue weighted by Gasteiger charge is -2.34. The molecule has 0 radical (unpaired) electrons. The molecular weight excluding hydrogens is 228 g/mol. The zero-order valence-corrected chi connectivity index (χ0v) is 10.4. The van der Waals surface area contributed by atoms with Crippen LogP contribution in [0.2, 0.25) is 0 Å². The molecule has 0 saturated heterocycles. The molecule has 0 bridgehead atoms. The third kappa shape index (κ3) is 2.50. The van der Waals surface area contributed by atoms with Crippen molar-refractivity contribution >= 4 is 11.8 Å². The van der Waals surface area contributed by atoms with Crippen molar-refractivity contribution in [3.05, 3.63) is 48.0 Å². The van der Waals surface area contributed by atoms with Crippen LogP contribution in [0.25, 0.3) is 0 Å². The number of esters is 1. The van der Waals surface area contributed by atoms with E-state index in [1.165, 1.54) is 0 Å². The van der Waals surface area contributed by atoms with Gasteiger partial charge in [-0.05, 0) is 12.5 Å². The molecular formula is C15H16O3. The molecule has 18 heavy (non-hydrogen) atoms. The first-order chi connectivity index (χ1) is 8.59. The maximum absolute atomic E-state index is 11.7. The number of carbonyl (C=O) groups is 2. The van der Waals surface area contributed by atoms with Crippen molar-refractivity contribution in [1.82, 2.24) is 0 Å². The zero-order valence-electron chi connectivity index (χ0n) is 10.4. The number of hydrogen-bond donors (Lipinski definition) is 0. The standard InChI is InChI=1S/C15H16O3/c1-10(2)15(17)18-9-12-8-13(16)14(12)11-6-4-3-5-7-11/h3-7,12,14H,1,8-9H2,2H3. The highest BCUT2D eigenvalue weighted by atomic mass is 16.5. The van der Waals surface area contributed by atoms with Gasteiger partial charge in [0.2, 0.25) is 0 Å². The van der Waals surface area contributed by atoms with Crippen LogP contribution < -0.4 is 0 Å². The van der Waals surface area contributed by atoms with Crippen molar-refractivity contribution < 1.29 is 14.3 Å². The molecule has 0 amide bonds. The number of hydrogen-bond acceptors (Lipinski definition) is 3. The average Bonchev–Trinajstić information content (AvgIpc) is 2.34. The van der Waals surface area contributed by atoms with Gasteiger partial charge in [0.25, 0.3) is 0 Å². The highest BCUT2D eigenvalue weighted by Crippen LogP contribution is 2.39. The quantitative estimate of drug-likeness (QED) is 0.603. The second-order valence-electron chi connectivity index (χ2n) is 4.70. The van der Waals surface area contributed by atoms with Crippen LogP contribution in [-0.2, 0) is 14.3 Å². The van der Waals surface area contributed by atoms with E-state index < -0.39 is 0 Å². The van der Waals surface area contributed by atoms with E-state index in [1.807, 2.05) is 30.3 Å². The molecule has 0 aromatic heterocycles. The summed E-state index contributed by atoms with van der Waals surface area (Å²) in [5.41, 5.74) is 1.39. The summed E-state index contributed by atoms with van der Waals surface area (Å²) in [4.78, 5) is 23.0. The predicted molar refractivity (Wildman–Crippen MR) is 68.1 cm³/mol. The molecule has 1 aliphatic carbocycles. The maximum Gasteiger partial charge on any atom is 0.333 e. The summed E-state index contributed by atoms with van der Waals surface area (Å²) < 4.78 is 5.12. The summed E-state index contributed by atoms with van der Waals surface area (Å²) >= 11 is 0. The topological polar surface area (TPSA) is 43.4 Å². The van der Waals surface area contributed by atoms with Gasteiger partial charge in [-0.1, -0.05) is 36.9 Å². The van der Waals surface area contributed by atoms with Gasteiger partial charge in [0.1, 0.15) is 5.78 Å². The van der Waals surface area contributed by atoms with Crippen LogP contribution in [0.15, 0.2) is 42.5 Å². The second kappa shape index (κ2) is 5.17. The van der Waals surface area contributed by atoms with E-state index >= 15 is 0 Å².